The summed E-state index contributed by atoms with van der Waals surface area (Å²) < 4.78 is 1.58. The molecule has 0 fully saturated rings. The zero-order valence-corrected chi connectivity index (χ0v) is 13.1. The molecule has 4 N–H and O–H groups in total. The van der Waals surface area contributed by atoms with Gasteiger partial charge in [-0.3, -0.25) is 0 Å². The average Bonchev–Trinajstić information content (AvgIpc) is 2.08. The predicted octanol–water partition coefficient (Wildman–Crippen LogP) is 3.71. The van der Waals surface area contributed by atoms with Crippen LogP contribution in [-0.4, -0.2) is 11.6 Å². The van der Waals surface area contributed by atoms with E-state index in [-0.39, 0.29) is 11.6 Å². The normalized spacial score (nSPS) is 11.1. The van der Waals surface area contributed by atoms with E-state index in [0.29, 0.717) is 11.4 Å². The zero-order chi connectivity index (χ0) is 13.2. The van der Waals surface area contributed by atoms with E-state index < -0.39 is 0 Å². The number of halogens is 2. The number of benzene rings is 1. The molecule has 0 heterocycles. The van der Waals surface area contributed by atoms with Gasteiger partial charge in [-0.05, 0) is 48.8 Å². The number of carbonyl (C=O) groups excluding carboxylic acids is 1. The molecule has 1 aromatic rings. The minimum absolute atomic E-state index is 0.285. The Kier molecular flexibility index (Phi) is 4.43. The number of nitrogens with one attached hydrogen (secondary N) is 2. The lowest BCUT2D eigenvalue weighted by Crippen LogP contribution is -2.43. The lowest BCUT2D eigenvalue weighted by molar-refractivity contribution is 0.244. The summed E-state index contributed by atoms with van der Waals surface area (Å²) in [5.74, 6) is 0. The fourth-order valence-electron chi connectivity index (χ4n) is 1.21. The number of carbonyl (C=O) groups is 1. The van der Waals surface area contributed by atoms with Gasteiger partial charge in [0.25, 0.3) is 0 Å². The Morgan fingerprint density at radius 2 is 1.88 bits per heavy atom. The summed E-state index contributed by atoms with van der Waals surface area (Å²) in [7, 11) is 0. The first kappa shape index (κ1) is 14.3. The summed E-state index contributed by atoms with van der Waals surface area (Å²) in [6, 6.07) is 3.27. The molecular weight excluding hydrogens is 350 g/mol. The van der Waals surface area contributed by atoms with Gasteiger partial charge >= 0.3 is 6.03 Å². The number of hydrogen-bond donors (Lipinski definition) is 3. The number of anilines is 2. The molecule has 6 heteroatoms. The quantitative estimate of drug-likeness (QED) is 0.665. The maximum Gasteiger partial charge on any atom is 0.319 e. The van der Waals surface area contributed by atoms with E-state index in [4.69, 9.17) is 5.73 Å². The van der Waals surface area contributed by atoms with Crippen molar-refractivity contribution in [3.63, 3.8) is 0 Å². The number of amides is 2. The van der Waals surface area contributed by atoms with Crippen molar-refractivity contribution in [2.45, 2.75) is 26.3 Å². The first-order chi connectivity index (χ1) is 7.69. The maximum atomic E-state index is 11.7. The molecule has 0 atom stereocenters. The predicted molar refractivity (Wildman–Crippen MR) is 78.2 cm³/mol. The van der Waals surface area contributed by atoms with Gasteiger partial charge in [-0.2, -0.15) is 0 Å². The van der Waals surface area contributed by atoms with Crippen LogP contribution in [0.25, 0.3) is 0 Å². The summed E-state index contributed by atoms with van der Waals surface area (Å²) in [6.07, 6.45) is 0. The van der Waals surface area contributed by atoms with Crippen LogP contribution in [0.5, 0.6) is 0 Å². The van der Waals surface area contributed by atoms with Crippen LogP contribution in [0.4, 0.5) is 16.2 Å². The van der Waals surface area contributed by atoms with Crippen molar-refractivity contribution in [2.24, 2.45) is 0 Å². The van der Waals surface area contributed by atoms with Crippen LogP contribution in [0, 0.1) is 0 Å². The van der Waals surface area contributed by atoms with Crippen LogP contribution in [0.15, 0.2) is 21.1 Å². The molecule has 0 bridgehead atoms. The van der Waals surface area contributed by atoms with Crippen molar-refractivity contribution in [1.29, 1.82) is 0 Å². The minimum Gasteiger partial charge on any atom is -0.397 e. The zero-order valence-electron chi connectivity index (χ0n) is 9.90. The molecule has 0 aromatic heterocycles. The monoisotopic (exact) mass is 363 g/mol. The van der Waals surface area contributed by atoms with Crippen molar-refractivity contribution in [3.05, 3.63) is 21.1 Å². The molecule has 94 valence electrons. The third kappa shape index (κ3) is 4.55. The molecule has 1 rings (SSSR count). The molecule has 0 unspecified atom stereocenters. The minimum atomic E-state index is -0.291. The van der Waals surface area contributed by atoms with Gasteiger partial charge in [0.05, 0.1) is 11.4 Å². The van der Waals surface area contributed by atoms with E-state index in [1.165, 1.54) is 0 Å². The molecule has 0 saturated carbocycles. The fraction of sp³-hybridized carbons (Fsp3) is 0.364. The lowest BCUT2D eigenvalue weighted by atomic mass is 10.1. The number of nitrogens with two attached hydrogens (primary N) is 1. The summed E-state index contributed by atoms with van der Waals surface area (Å²) in [5, 5.41) is 5.52. The van der Waals surface area contributed by atoms with Gasteiger partial charge < -0.3 is 16.4 Å². The Morgan fingerprint density at radius 1 is 1.29 bits per heavy atom. The van der Waals surface area contributed by atoms with Crippen molar-refractivity contribution >= 4 is 49.3 Å². The van der Waals surface area contributed by atoms with Crippen molar-refractivity contribution in [1.82, 2.24) is 5.32 Å². The summed E-state index contributed by atoms with van der Waals surface area (Å²) in [5.41, 5.74) is 6.60. The standard InChI is InChI=1S/C11H15Br2N3O/c1-11(2,3)16-10(17)15-9-7(13)4-6(12)5-8(9)14/h4-5H,14H2,1-3H3,(H2,15,16,17). The Hall–Kier alpha value is -0.750. The molecular formula is C11H15Br2N3O. The molecule has 0 aliphatic rings. The smallest absolute Gasteiger partial charge is 0.319 e. The van der Waals surface area contributed by atoms with Gasteiger partial charge in [0.15, 0.2) is 0 Å². The van der Waals surface area contributed by atoms with Gasteiger partial charge in [0.2, 0.25) is 0 Å². The Labute approximate surface area is 118 Å². The second-order valence-corrected chi connectivity index (χ2v) is 6.45. The average molecular weight is 365 g/mol. The lowest BCUT2D eigenvalue weighted by Gasteiger charge is -2.21. The maximum absolute atomic E-state index is 11.7. The van der Waals surface area contributed by atoms with E-state index >= 15 is 0 Å². The molecule has 0 radical (unpaired) electrons. The van der Waals surface area contributed by atoms with E-state index in [2.05, 4.69) is 42.5 Å². The van der Waals surface area contributed by atoms with Crippen LogP contribution in [0.1, 0.15) is 20.8 Å². The number of hydrogen-bond acceptors (Lipinski definition) is 2. The van der Waals surface area contributed by atoms with Gasteiger partial charge in [-0.1, -0.05) is 15.9 Å². The molecule has 0 aliphatic heterocycles. The number of urea groups is 1. The first-order valence-electron chi connectivity index (χ1n) is 5.03. The van der Waals surface area contributed by atoms with Gasteiger partial charge in [0.1, 0.15) is 0 Å². The van der Waals surface area contributed by atoms with Gasteiger partial charge in [-0.15, -0.1) is 0 Å². The highest BCUT2D eigenvalue weighted by atomic mass is 79.9. The second kappa shape index (κ2) is 5.27. The van der Waals surface area contributed by atoms with E-state index in [1.54, 1.807) is 6.07 Å². The Bertz CT molecular complexity index is 418. The van der Waals surface area contributed by atoms with Crippen LogP contribution >= 0.6 is 31.9 Å². The number of nitrogen functional groups attached to an aromatic ring is 1. The molecule has 0 spiro atoms. The highest BCUT2D eigenvalue weighted by Crippen LogP contribution is 2.32. The largest absolute Gasteiger partial charge is 0.397 e. The van der Waals surface area contributed by atoms with Crippen LogP contribution in [0.3, 0.4) is 0 Å². The third-order valence-corrected chi connectivity index (χ3v) is 2.90. The molecule has 1 aromatic carbocycles. The summed E-state index contributed by atoms with van der Waals surface area (Å²) >= 11 is 6.68. The van der Waals surface area contributed by atoms with E-state index in [0.717, 1.165) is 8.95 Å². The van der Waals surface area contributed by atoms with Crippen LogP contribution in [-0.2, 0) is 0 Å². The Morgan fingerprint density at radius 3 is 2.35 bits per heavy atom. The molecule has 17 heavy (non-hydrogen) atoms. The summed E-state index contributed by atoms with van der Waals surface area (Å²) in [4.78, 5) is 11.7. The van der Waals surface area contributed by atoms with E-state index in [1.807, 2.05) is 26.8 Å². The van der Waals surface area contributed by atoms with Crippen LogP contribution < -0.4 is 16.4 Å². The van der Waals surface area contributed by atoms with Crippen molar-refractivity contribution in [3.8, 4) is 0 Å². The Balaban J connectivity index is 2.86. The third-order valence-electron chi connectivity index (χ3n) is 1.81. The van der Waals surface area contributed by atoms with Gasteiger partial charge in [0, 0.05) is 14.5 Å². The van der Waals surface area contributed by atoms with Gasteiger partial charge in [-0.25, -0.2) is 4.79 Å². The molecule has 2 amide bonds. The van der Waals surface area contributed by atoms with E-state index in [9.17, 15) is 4.79 Å². The highest BCUT2D eigenvalue weighted by Gasteiger charge is 2.15. The fourth-order valence-corrected chi connectivity index (χ4v) is 2.57. The topological polar surface area (TPSA) is 67.2 Å². The van der Waals surface area contributed by atoms with Crippen LogP contribution in [0.2, 0.25) is 0 Å². The number of rotatable bonds is 1. The second-order valence-electron chi connectivity index (χ2n) is 4.68. The molecule has 0 saturated heterocycles. The SMILES string of the molecule is CC(C)(C)NC(=O)Nc1c(N)cc(Br)cc1Br. The van der Waals surface area contributed by atoms with Crippen molar-refractivity contribution < 1.29 is 4.79 Å². The first-order valence-corrected chi connectivity index (χ1v) is 6.61. The summed E-state index contributed by atoms with van der Waals surface area (Å²) in [6.45, 7) is 5.73. The van der Waals surface area contributed by atoms with Crippen molar-refractivity contribution in [2.75, 3.05) is 11.1 Å². The highest BCUT2D eigenvalue weighted by molar-refractivity contribution is 9.11. The molecule has 0 aliphatic carbocycles. The molecule has 4 nitrogen and oxygen atoms in total.